The van der Waals surface area contributed by atoms with Gasteiger partial charge in [-0.25, -0.2) is 4.79 Å². The van der Waals surface area contributed by atoms with E-state index in [9.17, 15) is 9.59 Å². The van der Waals surface area contributed by atoms with Crippen molar-refractivity contribution in [1.29, 1.82) is 0 Å². The summed E-state index contributed by atoms with van der Waals surface area (Å²) in [5, 5.41) is 3.74. The molecule has 0 spiro atoms. The Balaban J connectivity index is 1.36. The molecular formula is C23H26N2O5. The lowest BCUT2D eigenvalue weighted by atomic mass is 10.2. The molecule has 1 heterocycles. The molecular weight excluding hydrogens is 384 g/mol. The maximum absolute atomic E-state index is 11.7. The molecule has 1 amide bonds. The van der Waals surface area contributed by atoms with Gasteiger partial charge in [-0.05, 0) is 42.7 Å². The molecule has 0 fully saturated rings. The zero-order valence-corrected chi connectivity index (χ0v) is 17.0. The molecule has 0 atom stereocenters. The highest BCUT2D eigenvalue weighted by atomic mass is 16.5. The minimum Gasteiger partial charge on any atom is -0.494 e. The van der Waals surface area contributed by atoms with Gasteiger partial charge in [-0.1, -0.05) is 30.3 Å². The average molecular weight is 410 g/mol. The number of carbonyl (C=O) groups excluding carboxylic acids is 2. The van der Waals surface area contributed by atoms with Gasteiger partial charge in [-0.3, -0.25) is 4.79 Å². The van der Waals surface area contributed by atoms with Crippen molar-refractivity contribution in [3.8, 4) is 5.75 Å². The number of benzene rings is 2. The molecule has 0 aliphatic rings. The number of H-pyrrole nitrogens is 1. The van der Waals surface area contributed by atoms with E-state index in [1.807, 2.05) is 54.6 Å². The van der Waals surface area contributed by atoms with Crippen LogP contribution in [0, 0.1) is 0 Å². The summed E-state index contributed by atoms with van der Waals surface area (Å²) in [4.78, 5) is 26.3. The molecule has 7 nitrogen and oxygen atoms in total. The van der Waals surface area contributed by atoms with E-state index in [1.165, 1.54) is 7.11 Å². The number of nitrogens with one attached hydrogen (secondary N) is 2. The molecule has 3 aromatic rings. The summed E-state index contributed by atoms with van der Waals surface area (Å²) in [6.45, 7) is 1.20. The smallest absolute Gasteiger partial charge is 0.407 e. The summed E-state index contributed by atoms with van der Waals surface area (Å²) in [5.41, 5.74) is 2.92. The monoisotopic (exact) mass is 410 g/mol. The number of aryl methyl sites for hydroxylation is 1. The van der Waals surface area contributed by atoms with Gasteiger partial charge < -0.3 is 24.5 Å². The lowest BCUT2D eigenvalue weighted by Gasteiger charge is -2.08. The standard InChI is InChI=1S/C23H26N2O5/c1-28-22(26)11-8-19-14-18-15-20(9-10-21(18)25-19)29-13-5-12-24-23(27)30-16-17-6-3-2-4-7-17/h2-4,6-7,9-10,14-15,25H,5,8,11-13,16H2,1H3,(H,24,27). The Bertz CT molecular complexity index is 968. The third-order valence-corrected chi connectivity index (χ3v) is 4.55. The molecule has 158 valence electrons. The van der Waals surface area contributed by atoms with Crippen molar-refractivity contribution in [1.82, 2.24) is 10.3 Å². The van der Waals surface area contributed by atoms with Crippen LogP contribution in [0.4, 0.5) is 4.79 Å². The van der Waals surface area contributed by atoms with Crippen molar-refractivity contribution < 1.29 is 23.8 Å². The first-order valence-corrected chi connectivity index (χ1v) is 9.90. The normalized spacial score (nSPS) is 10.6. The number of hydrogen-bond acceptors (Lipinski definition) is 5. The fourth-order valence-electron chi connectivity index (χ4n) is 2.96. The van der Waals surface area contributed by atoms with Gasteiger partial charge in [0.25, 0.3) is 0 Å². The number of alkyl carbamates (subject to hydrolysis) is 1. The second-order valence-corrected chi connectivity index (χ2v) is 6.81. The van der Waals surface area contributed by atoms with Crippen molar-refractivity contribution in [2.45, 2.75) is 25.9 Å². The van der Waals surface area contributed by atoms with E-state index >= 15 is 0 Å². The van der Waals surface area contributed by atoms with Gasteiger partial charge in [-0.15, -0.1) is 0 Å². The number of fused-ring (bicyclic) bond motifs is 1. The van der Waals surface area contributed by atoms with Gasteiger partial charge in [0.2, 0.25) is 0 Å². The number of aromatic amines is 1. The number of hydrogen-bond donors (Lipinski definition) is 2. The lowest BCUT2D eigenvalue weighted by Crippen LogP contribution is -2.26. The van der Waals surface area contributed by atoms with Crippen molar-refractivity contribution >= 4 is 23.0 Å². The number of esters is 1. The van der Waals surface area contributed by atoms with Gasteiger partial charge in [-0.2, -0.15) is 0 Å². The van der Waals surface area contributed by atoms with Gasteiger partial charge in [0, 0.05) is 23.1 Å². The van der Waals surface area contributed by atoms with E-state index in [0.29, 0.717) is 32.4 Å². The summed E-state index contributed by atoms with van der Waals surface area (Å²) in [6, 6.07) is 17.3. The second-order valence-electron chi connectivity index (χ2n) is 6.81. The first-order chi connectivity index (χ1) is 14.6. The summed E-state index contributed by atoms with van der Waals surface area (Å²) in [7, 11) is 1.39. The molecule has 1 aromatic heterocycles. The zero-order chi connectivity index (χ0) is 21.2. The number of rotatable bonds is 10. The summed E-state index contributed by atoms with van der Waals surface area (Å²) in [6.07, 6.45) is 1.17. The highest BCUT2D eigenvalue weighted by Crippen LogP contribution is 2.22. The largest absolute Gasteiger partial charge is 0.494 e. The SMILES string of the molecule is COC(=O)CCc1cc2cc(OCCCNC(=O)OCc3ccccc3)ccc2[nH]1. The first kappa shape index (κ1) is 21.2. The van der Waals surface area contributed by atoms with Gasteiger partial charge in [0.05, 0.1) is 20.1 Å². The van der Waals surface area contributed by atoms with Crippen LogP contribution in [-0.4, -0.2) is 37.3 Å². The number of ether oxygens (including phenoxy) is 3. The summed E-state index contributed by atoms with van der Waals surface area (Å²) < 4.78 is 15.6. The van der Waals surface area contributed by atoms with Crippen LogP contribution in [0.3, 0.4) is 0 Å². The van der Waals surface area contributed by atoms with Crippen LogP contribution in [0.1, 0.15) is 24.1 Å². The Morgan fingerprint density at radius 2 is 1.90 bits per heavy atom. The Kier molecular flexibility index (Phi) is 7.71. The summed E-state index contributed by atoms with van der Waals surface area (Å²) >= 11 is 0. The van der Waals surface area contributed by atoms with Crippen LogP contribution in [-0.2, 0) is 27.3 Å². The van der Waals surface area contributed by atoms with Crippen molar-refractivity contribution in [2.24, 2.45) is 0 Å². The number of amides is 1. The molecule has 30 heavy (non-hydrogen) atoms. The van der Waals surface area contributed by atoms with E-state index in [2.05, 4.69) is 15.0 Å². The van der Waals surface area contributed by atoms with Crippen molar-refractivity contribution in [2.75, 3.05) is 20.3 Å². The molecule has 0 saturated carbocycles. The maximum atomic E-state index is 11.7. The fourth-order valence-corrected chi connectivity index (χ4v) is 2.96. The Morgan fingerprint density at radius 1 is 1.07 bits per heavy atom. The third kappa shape index (κ3) is 6.55. The summed E-state index contributed by atoms with van der Waals surface area (Å²) in [5.74, 6) is 0.530. The number of aromatic nitrogens is 1. The highest BCUT2D eigenvalue weighted by molar-refractivity contribution is 5.82. The quantitative estimate of drug-likeness (QED) is 0.390. The van der Waals surface area contributed by atoms with Crippen LogP contribution in [0.15, 0.2) is 54.6 Å². The minimum atomic E-state index is -0.438. The molecule has 7 heteroatoms. The molecule has 0 aliphatic carbocycles. The number of carbonyl (C=O) groups is 2. The van der Waals surface area contributed by atoms with Crippen LogP contribution in [0.5, 0.6) is 5.75 Å². The predicted octanol–water partition coefficient (Wildman–Crippen LogP) is 3.97. The Hall–Kier alpha value is -3.48. The molecule has 0 unspecified atom stereocenters. The van der Waals surface area contributed by atoms with E-state index in [1.54, 1.807) is 0 Å². The first-order valence-electron chi connectivity index (χ1n) is 9.90. The zero-order valence-electron chi connectivity index (χ0n) is 17.0. The van der Waals surface area contributed by atoms with E-state index in [4.69, 9.17) is 9.47 Å². The molecule has 0 bridgehead atoms. The van der Waals surface area contributed by atoms with Crippen LogP contribution >= 0.6 is 0 Å². The average Bonchev–Trinajstić information content (AvgIpc) is 3.18. The molecule has 2 N–H and O–H groups in total. The highest BCUT2D eigenvalue weighted by Gasteiger charge is 2.06. The molecule has 0 saturated heterocycles. The van der Waals surface area contributed by atoms with Gasteiger partial charge in [0.15, 0.2) is 0 Å². The lowest BCUT2D eigenvalue weighted by molar-refractivity contribution is -0.140. The van der Waals surface area contributed by atoms with Crippen molar-refractivity contribution in [3.05, 3.63) is 65.9 Å². The Morgan fingerprint density at radius 3 is 2.70 bits per heavy atom. The predicted molar refractivity (Wildman–Crippen MR) is 113 cm³/mol. The van der Waals surface area contributed by atoms with E-state index in [-0.39, 0.29) is 12.6 Å². The number of methoxy groups -OCH3 is 1. The molecule has 0 radical (unpaired) electrons. The molecule has 3 rings (SSSR count). The second kappa shape index (κ2) is 10.9. The van der Waals surface area contributed by atoms with Gasteiger partial charge in [0.1, 0.15) is 12.4 Å². The fraction of sp³-hybridized carbons (Fsp3) is 0.304. The Labute approximate surface area is 175 Å². The third-order valence-electron chi connectivity index (χ3n) is 4.55. The van der Waals surface area contributed by atoms with E-state index in [0.717, 1.165) is 27.9 Å². The van der Waals surface area contributed by atoms with E-state index < -0.39 is 6.09 Å². The minimum absolute atomic E-state index is 0.227. The molecule has 0 aliphatic heterocycles. The van der Waals surface area contributed by atoms with Crippen LogP contribution < -0.4 is 10.1 Å². The topological polar surface area (TPSA) is 89.7 Å². The van der Waals surface area contributed by atoms with Crippen LogP contribution in [0.2, 0.25) is 0 Å². The van der Waals surface area contributed by atoms with Gasteiger partial charge >= 0.3 is 12.1 Å². The van der Waals surface area contributed by atoms with Crippen molar-refractivity contribution in [3.63, 3.8) is 0 Å². The molecule has 2 aromatic carbocycles. The maximum Gasteiger partial charge on any atom is 0.407 e. The van der Waals surface area contributed by atoms with Crippen LogP contribution in [0.25, 0.3) is 10.9 Å².